The number of hydrogen-bond acceptors (Lipinski definition) is 2. The predicted octanol–water partition coefficient (Wildman–Crippen LogP) is 4.21. The van der Waals surface area contributed by atoms with Gasteiger partial charge in [0, 0.05) is 34.1 Å². The first-order valence-corrected chi connectivity index (χ1v) is 7.31. The second kappa shape index (κ2) is 6.12. The van der Waals surface area contributed by atoms with Crippen molar-refractivity contribution in [3.8, 4) is 0 Å². The molecule has 17 heavy (non-hydrogen) atoms. The van der Waals surface area contributed by atoms with Crippen LogP contribution in [0.5, 0.6) is 0 Å². The van der Waals surface area contributed by atoms with E-state index in [-0.39, 0.29) is 5.78 Å². The van der Waals surface area contributed by atoms with Crippen LogP contribution in [0, 0.1) is 5.92 Å². The van der Waals surface area contributed by atoms with Crippen LogP contribution in [0.3, 0.4) is 0 Å². The zero-order chi connectivity index (χ0) is 12.3. The number of Topliss-reactive ketones (excluding diaryl/α,β-unsaturated/α-hetero) is 1. The number of carbonyl (C=O) groups excluding carboxylic acids is 1. The SMILES string of the molecule is O=C(CC1CCOCC1)c1cc(Br)ccc1Br. The molecule has 0 aliphatic carbocycles. The van der Waals surface area contributed by atoms with Crippen LogP contribution in [0.2, 0.25) is 0 Å². The molecule has 0 unspecified atom stereocenters. The number of halogens is 2. The van der Waals surface area contributed by atoms with Gasteiger partial charge in [0.15, 0.2) is 5.78 Å². The van der Waals surface area contributed by atoms with Crippen LogP contribution in [0.4, 0.5) is 0 Å². The van der Waals surface area contributed by atoms with Crippen molar-refractivity contribution in [1.29, 1.82) is 0 Å². The Bertz CT molecular complexity index is 412. The first-order chi connectivity index (χ1) is 8.16. The minimum Gasteiger partial charge on any atom is -0.381 e. The second-order valence-electron chi connectivity index (χ2n) is 4.31. The van der Waals surface area contributed by atoms with E-state index in [0.29, 0.717) is 12.3 Å². The van der Waals surface area contributed by atoms with Crippen molar-refractivity contribution in [3.05, 3.63) is 32.7 Å². The third kappa shape index (κ3) is 3.63. The zero-order valence-electron chi connectivity index (χ0n) is 9.42. The molecule has 1 aliphatic heterocycles. The molecule has 2 nitrogen and oxygen atoms in total. The highest BCUT2D eigenvalue weighted by atomic mass is 79.9. The maximum atomic E-state index is 12.2. The van der Waals surface area contributed by atoms with Crippen LogP contribution in [0.15, 0.2) is 27.1 Å². The smallest absolute Gasteiger partial charge is 0.164 e. The molecule has 0 radical (unpaired) electrons. The highest BCUT2D eigenvalue weighted by Gasteiger charge is 2.19. The van der Waals surface area contributed by atoms with Crippen LogP contribution < -0.4 is 0 Å². The number of hydrogen-bond donors (Lipinski definition) is 0. The lowest BCUT2D eigenvalue weighted by Gasteiger charge is -2.21. The first-order valence-electron chi connectivity index (χ1n) is 5.73. The van der Waals surface area contributed by atoms with E-state index in [1.54, 1.807) is 0 Å². The standard InChI is InChI=1S/C13H14Br2O2/c14-10-1-2-12(15)11(8-10)13(16)7-9-3-5-17-6-4-9/h1-2,8-9H,3-7H2. The van der Waals surface area contributed by atoms with Gasteiger partial charge in [0.25, 0.3) is 0 Å². The van der Waals surface area contributed by atoms with Crippen molar-refractivity contribution in [3.63, 3.8) is 0 Å². The Kier molecular flexibility index (Phi) is 4.77. The fourth-order valence-electron chi connectivity index (χ4n) is 2.03. The topological polar surface area (TPSA) is 26.3 Å². The van der Waals surface area contributed by atoms with E-state index >= 15 is 0 Å². The third-order valence-electron chi connectivity index (χ3n) is 3.04. The van der Waals surface area contributed by atoms with Crippen molar-refractivity contribution >= 4 is 37.6 Å². The van der Waals surface area contributed by atoms with E-state index < -0.39 is 0 Å². The minimum atomic E-state index is 0.213. The quantitative estimate of drug-likeness (QED) is 0.753. The van der Waals surface area contributed by atoms with Crippen molar-refractivity contribution < 1.29 is 9.53 Å². The summed E-state index contributed by atoms with van der Waals surface area (Å²) in [6, 6.07) is 5.71. The molecule has 1 heterocycles. The molecule has 1 aliphatic rings. The van der Waals surface area contributed by atoms with Gasteiger partial charge < -0.3 is 4.74 Å². The highest BCUT2D eigenvalue weighted by molar-refractivity contribution is 9.11. The van der Waals surface area contributed by atoms with Crippen molar-refractivity contribution in [2.45, 2.75) is 19.3 Å². The lowest BCUT2D eigenvalue weighted by molar-refractivity contribution is 0.0601. The Hall–Kier alpha value is -0.190. The Labute approximate surface area is 118 Å². The van der Waals surface area contributed by atoms with Crippen LogP contribution in [-0.4, -0.2) is 19.0 Å². The van der Waals surface area contributed by atoms with Gasteiger partial charge in [0.05, 0.1) is 0 Å². The average molecular weight is 362 g/mol. The summed E-state index contributed by atoms with van der Waals surface area (Å²) >= 11 is 6.83. The van der Waals surface area contributed by atoms with Crippen LogP contribution in [-0.2, 0) is 4.74 Å². The second-order valence-corrected chi connectivity index (χ2v) is 6.08. The van der Waals surface area contributed by atoms with Gasteiger partial charge in [-0.15, -0.1) is 0 Å². The number of ketones is 1. The molecular formula is C13H14Br2O2. The third-order valence-corrected chi connectivity index (χ3v) is 4.23. The molecule has 1 aromatic carbocycles. The Morgan fingerprint density at radius 1 is 1.29 bits per heavy atom. The predicted molar refractivity (Wildman–Crippen MR) is 74.3 cm³/mol. The van der Waals surface area contributed by atoms with Crippen LogP contribution >= 0.6 is 31.9 Å². The van der Waals surface area contributed by atoms with Gasteiger partial charge in [0.1, 0.15) is 0 Å². The van der Waals surface area contributed by atoms with E-state index in [9.17, 15) is 4.79 Å². The van der Waals surface area contributed by atoms with Gasteiger partial charge in [-0.3, -0.25) is 4.79 Å². The molecule has 1 saturated heterocycles. The monoisotopic (exact) mass is 360 g/mol. The van der Waals surface area contributed by atoms with Gasteiger partial charge in [-0.05, 0) is 37.0 Å². The lowest BCUT2D eigenvalue weighted by Crippen LogP contribution is -2.19. The number of carbonyl (C=O) groups is 1. The summed E-state index contributed by atoms with van der Waals surface area (Å²) in [5.41, 5.74) is 0.769. The zero-order valence-corrected chi connectivity index (χ0v) is 12.6. The fraction of sp³-hybridized carbons (Fsp3) is 0.462. The molecule has 2 rings (SSSR count). The Morgan fingerprint density at radius 3 is 2.71 bits per heavy atom. The van der Waals surface area contributed by atoms with E-state index in [2.05, 4.69) is 31.9 Å². The molecule has 0 spiro atoms. The maximum absolute atomic E-state index is 12.2. The first kappa shape index (κ1) is 13.2. The van der Waals surface area contributed by atoms with Gasteiger partial charge in [-0.2, -0.15) is 0 Å². The Morgan fingerprint density at radius 2 is 2.00 bits per heavy atom. The van der Waals surface area contributed by atoms with E-state index in [0.717, 1.165) is 40.6 Å². The molecule has 4 heteroatoms. The highest BCUT2D eigenvalue weighted by Crippen LogP contribution is 2.26. The molecule has 0 saturated carbocycles. The molecule has 1 aromatic rings. The molecule has 0 amide bonds. The minimum absolute atomic E-state index is 0.213. The number of ether oxygens (including phenoxy) is 1. The average Bonchev–Trinajstić information content (AvgIpc) is 2.33. The van der Waals surface area contributed by atoms with E-state index in [1.165, 1.54) is 0 Å². The van der Waals surface area contributed by atoms with Gasteiger partial charge in [-0.25, -0.2) is 0 Å². The summed E-state index contributed by atoms with van der Waals surface area (Å²) in [6.07, 6.45) is 2.62. The molecule has 0 aromatic heterocycles. The molecule has 0 N–H and O–H groups in total. The molecule has 0 bridgehead atoms. The van der Waals surface area contributed by atoms with Gasteiger partial charge in [-0.1, -0.05) is 31.9 Å². The normalized spacial score (nSPS) is 17.1. The van der Waals surface area contributed by atoms with Crippen molar-refractivity contribution in [2.24, 2.45) is 5.92 Å². The summed E-state index contributed by atoms with van der Waals surface area (Å²) in [4.78, 5) is 12.2. The number of benzene rings is 1. The van der Waals surface area contributed by atoms with Crippen LogP contribution in [0.25, 0.3) is 0 Å². The molecule has 0 atom stereocenters. The van der Waals surface area contributed by atoms with Gasteiger partial charge in [0.2, 0.25) is 0 Å². The lowest BCUT2D eigenvalue weighted by atomic mass is 9.92. The maximum Gasteiger partial charge on any atom is 0.164 e. The molecular weight excluding hydrogens is 348 g/mol. The fourth-order valence-corrected chi connectivity index (χ4v) is 2.86. The van der Waals surface area contributed by atoms with Gasteiger partial charge >= 0.3 is 0 Å². The number of rotatable bonds is 3. The summed E-state index contributed by atoms with van der Waals surface area (Å²) in [5, 5.41) is 0. The van der Waals surface area contributed by atoms with Crippen molar-refractivity contribution in [1.82, 2.24) is 0 Å². The summed E-state index contributed by atoms with van der Waals surface area (Å²) < 4.78 is 7.12. The summed E-state index contributed by atoms with van der Waals surface area (Å²) in [5.74, 6) is 0.687. The largest absolute Gasteiger partial charge is 0.381 e. The van der Waals surface area contributed by atoms with Crippen LogP contribution in [0.1, 0.15) is 29.6 Å². The molecule has 1 fully saturated rings. The molecule has 92 valence electrons. The Balaban J connectivity index is 2.05. The van der Waals surface area contributed by atoms with E-state index in [4.69, 9.17) is 4.74 Å². The van der Waals surface area contributed by atoms with Crippen molar-refractivity contribution in [2.75, 3.05) is 13.2 Å². The van der Waals surface area contributed by atoms with E-state index in [1.807, 2.05) is 18.2 Å². The summed E-state index contributed by atoms with van der Waals surface area (Å²) in [7, 11) is 0. The summed E-state index contributed by atoms with van der Waals surface area (Å²) in [6.45, 7) is 1.58.